The molecule has 112 valence electrons. The first-order valence-electron chi connectivity index (χ1n) is 6.79. The molecule has 0 saturated heterocycles. The summed E-state index contributed by atoms with van der Waals surface area (Å²) in [5, 5.41) is 12.1. The zero-order valence-electron chi connectivity index (χ0n) is 12.3. The number of nitrogens with one attached hydrogen (secondary N) is 1. The number of rotatable bonds is 6. The third-order valence-corrected chi connectivity index (χ3v) is 3.11. The highest BCUT2D eigenvalue weighted by molar-refractivity contribution is 5.80. The van der Waals surface area contributed by atoms with Crippen molar-refractivity contribution in [3.8, 4) is 5.75 Å². The van der Waals surface area contributed by atoms with Gasteiger partial charge in [-0.25, -0.2) is 4.39 Å². The van der Waals surface area contributed by atoms with E-state index >= 15 is 0 Å². The standard InChI is InChI=1S/C15H22FNO3/c1-5-9(2)17-15(19)11(4)20-12-6-7-13(10(3)18)14(16)8-12/h6-11,18H,5H2,1-4H3,(H,17,19)/t9?,10-,11?/m1/s1. The Morgan fingerprint density at radius 1 is 1.40 bits per heavy atom. The molecular formula is C15H22FNO3. The Morgan fingerprint density at radius 3 is 2.55 bits per heavy atom. The molecule has 2 unspecified atom stereocenters. The third kappa shape index (κ3) is 4.49. The maximum absolute atomic E-state index is 13.7. The molecule has 1 amide bonds. The third-order valence-electron chi connectivity index (χ3n) is 3.11. The van der Waals surface area contributed by atoms with Crippen LogP contribution in [0.25, 0.3) is 0 Å². The first-order chi connectivity index (χ1) is 9.35. The molecule has 1 aromatic carbocycles. The van der Waals surface area contributed by atoms with E-state index in [-0.39, 0.29) is 23.3 Å². The Labute approximate surface area is 119 Å². The van der Waals surface area contributed by atoms with Crippen molar-refractivity contribution in [1.29, 1.82) is 0 Å². The monoisotopic (exact) mass is 283 g/mol. The largest absolute Gasteiger partial charge is 0.481 e. The van der Waals surface area contributed by atoms with Gasteiger partial charge in [-0.2, -0.15) is 0 Å². The van der Waals surface area contributed by atoms with E-state index in [1.807, 2.05) is 13.8 Å². The fourth-order valence-electron chi connectivity index (χ4n) is 1.64. The molecule has 4 nitrogen and oxygen atoms in total. The quantitative estimate of drug-likeness (QED) is 0.843. The summed E-state index contributed by atoms with van der Waals surface area (Å²) in [5.74, 6) is -0.523. The average Bonchev–Trinajstić information content (AvgIpc) is 2.37. The SMILES string of the molecule is CCC(C)NC(=O)C(C)Oc1ccc([C@@H](C)O)c(F)c1. The first-order valence-corrected chi connectivity index (χ1v) is 6.79. The average molecular weight is 283 g/mol. The lowest BCUT2D eigenvalue weighted by molar-refractivity contribution is -0.127. The summed E-state index contributed by atoms with van der Waals surface area (Å²) in [4.78, 5) is 11.8. The molecule has 0 fully saturated rings. The highest BCUT2D eigenvalue weighted by atomic mass is 19.1. The van der Waals surface area contributed by atoms with Crippen LogP contribution >= 0.6 is 0 Å². The maximum atomic E-state index is 13.7. The van der Waals surface area contributed by atoms with E-state index in [0.717, 1.165) is 6.42 Å². The Bertz CT molecular complexity index is 462. The van der Waals surface area contributed by atoms with Crippen molar-refractivity contribution >= 4 is 5.91 Å². The molecule has 0 aromatic heterocycles. The van der Waals surface area contributed by atoms with Crippen LogP contribution < -0.4 is 10.1 Å². The van der Waals surface area contributed by atoms with E-state index in [0.29, 0.717) is 0 Å². The highest BCUT2D eigenvalue weighted by Crippen LogP contribution is 2.22. The van der Waals surface area contributed by atoms with E-state index in [2.05, 4.69) is 5.32 Å². The zero-order valence-corrected chi connectivity index (χ0v) is 12.3. The van der Waals surface area contributed by atoms with E-state index in [9.17, 15) is 14.3 Å². The van der Waals surface area contributed by atoms with E-state index in [1.165, 1.54) is 25.1 Å². The number of hydrogen-bond acceptors (Lipinski definition) is 3. The van der Waals surface area contributed by atoms with Crippen molar-refractivity contribution in [3.05, 3.63) is 29.6 Å². The van der Waals surface area contributed by atoms with Crippen molar-refractivity contribution in [2.45, 2.75) is 52.4 Å². The van der Waals surface area contributed by atoms with E-state index in [4.69, 9.17) is 4.74 Å². The lowest BCUT2D eigenvalue weighted by Crippen LogP contribution is -2.41. The number of amides is 1. The van der Waals surface area contributed by atoms with Gasteiger partial charge in [0.2, 0.25) is 0 Å². The van der Waals surface area contributed by atoms with Crippen LogP contribution in [0.15, 0.2) is 18.2 Å². The molecule has 0 radical (unpaired) electrons. The Hall–Kier alpha value is -1.62. The number of aliphatic hydroxyl groups is 1. The van der Waals surface area contributed by atoms with Crippen LogP contribution in [0, 0.1) is 5.82 Å². The summed E-state index contributed by atoms with van der Waals surface area (Å²) in [6, 6.07) is 4.24. The highest BCUT2D eigenvalue weighted by Gasteiger charge is 2.17. The Kier molecular flexibility index (Phi) is 5.95. The Morgan fingerprint density at radius 2 is 2.05 bits per heavy atom. The minimum Gasteiger partial charge on any atom is -0.481 e. The van der Waals surface area contributed by atoms with Gasteiger partial charge in [-0.15, -0.1) is 0 Å². The van der Waals surface area contributed by atoms with Gasteiger partial charge < -0.3 is 15.2 Å². The first kappa shape index (κ1) is 16.4. The molecule has 0 aliphatic rings. The lowest BCUT2D eigenvalue weighted by Gasteiger charge is -2.18. The van der Waals surface area contributed by atoms with Crippen molar-refractivity contribution in [1.82, 2.24) is 5.32 Å². The van der Waals surface area contributed by atoms with Gasteiger partial charge in [0.25, 0.3) is 5.91 Å². The normalized spacial score (nSPS) is 15.3. The van der Waals surface area contributed by atoms with Gasteiger partial charge in [-0.3, -0.25) is 4.79 Å². The Balaban J connectivity index is 2.69. The van der Waals surface area contributed by atoms with E-state index < -0.39 is 18.0 Å². The van der Waals surface area contributed by atoms with Crippen LogP contribution in [0.1, 0.15) is 45.8 Å². The van der Waals surface area contributed by atoms with Crippen molar-refractivity contribution in [3.63, 3.8) is 0 Å². The second kappa shape index (κ2) is 7.24. The molecule has 1 rings (SSSR count). The smallest absolute Gasteiger partial charge is 0.260 e. The second-order valence-corrected chi connectivity index (χ2v) is 4.94. The number of carbonyl (C=O) groups is 1. The number of benzene rings is 1. The second-order valence-electron chi connectivity index (χ2n) is 4.94. The van der Waals surface area contributed by atoms with Gasteiger partial charge in [0.05, 0.1) is 6.10 Å². The van der Waals surface area contributed by atoms with Gasteiger partial charge in [0.1, 0.15) is 11.6 Å². The van der Waals surface area contributed by atoms with Crippen molar-refractivity contribution in [2.24, 2.45) is 0 Å². The number of ether oxygens (including phenoxy) is 1. The molecule has 0 aliphatic heterocycles. The fourth-order valence-corrected chi connectivity index (χ4v) is 1.64. The molecule has 0 aliphatic carbocycles. The molecule has 3 atom stereocenters. The van der Waals surface area contributed by atoms with Gasteiger partial charge in [0.15, 0.2) is 6.10 Å². The van der Waals surface area contributed by atoms with Crippen LogP contribution in [0.2, 0.25) is 0 Å². The van der Waals surface area contributed by atoms with Gasteiger partial charge in [-0.05, 0) is 39.3 Å². The fraction of sp³-hybridized carbons (Fsp3) is 0.533. The number of halogens is 1. The van der Waals surface area contributed by atoms with Crippen LogP contribution in [0.3, 0.4) is 0 Å². The molecule has 20 heavy (non-hydrogen) atoms. The summed E-state index contributed by atoms with van der Waals surface area (Å²) < 4.78 is 19.1. The lowest BCUT2D eigenvalue weighted by atomic mass is 10.1. The number of hydrogen-bond donors (Lipinski definition) is 2. The van der Waals surface area contributed by atoms with Gasteiger partial charge in [0, 0.05) is 17.7 Å². The number of carbonyl (C=O) groups excluding carboxylic acids is 1. The predicted molar refractivity (Wildman–Crippen MR) is 75.0 cm³/mol. The predicted octanol–water partition coefficient (Wildman–Crippen LogP) is 2.56. The van der Waals surface area contributed by atoms with Gasteiger partial charge in [-0.1, -0.05) is 6.92 Å². The minimum absolute atomic E-state index is 0.0721. The summed E-state index contributed by atoms with van der Waals surface area (Å²) in [6.45, 7) is 6.97. The molecular weight excluding hydrogens is 261 g/mol. The topological polar surface area (TPSA) is 58.6 Å². The maximum Gasteiger partial charge on any atom is 0.260 e. The van der Waals surface area contributed by atoms with Crippen molar-refractivity contribution in [2.75, 3.05) is 0 Å². The molecule has 0 saturated carbocycles. The van der Waals surface area contributed by atoms with Crippen LogP contribution in [0.5, 0.6) is 5.75 Å². The number of aliphatic hydroxyl groups excluding tert-OH is 1. The van der Waals surface area contributed by atoms with Crippen LogP contribution in [-0.2, 0) is 4.79 Å². The molecule has 0 bridgehead atoms. The molecule has 5 heteroatoms. The summed E-state index contributed by atoms with van der Waals surface area (Å²) >= 11 is 0. The summed E-state index contributed by atoms with van der Waals surface area (Å²) in [7, 11) is 0. The van der Waals surface area contributed by atoms with E-state index in [1.54, 1.807) is 6.92 Å². The van der Waals surface area contributed by atoms with Crippen molar-refractivity contribution < 1.29 is 19.0 Å². The minimum atomic E-state index is -0.879. The zero-order chi connectivity index (χ0) is 15.3. The summed E-state index contributed by atoms with van der Waals surface area (Å²) in [6.07, 6.45) is -0.758. The molecule has 0 heterocycles. The van der Waals surface area contributed by atoms with Gasteiger partial charge >= 0.3 is 0 Å². The molecule has 0 spiro atoms. The molecule has 2 N–H and O–H groups in total. The molecule has 1 aromatic rings. The summed E-state index contributed by atoms with van der Waals surface area (Å²) in [5.41, 5.74) is 0.203. The van der Waals surface area contributed by atoms with Crippen LogP contribution in [-0.4, -0.2) is 23.2 Å². The van der Waals surface area contributed by atoms with Crippen LogP contribution in [0.4, 0.5) is 4.39 Å².